The molecule has 0 bridgehead atoms. The smallest absolute Gasteiger partial charge is 0.326 e. The zero-order valence-electron chi connectivity index (χ0n) is 16.0. The number of hydrogen-bond donors (Lipinski definition) is 5. The third kappa shape index (κ3) is 4.72. The number of fused-ring (bicyclic) bond motifs is 1. The Morgan fingerprint density at radius 3 is 2.47 bits per heavy atom. The monoisotopic (exact) mass is 412 g/mol. The third-order valence-electron chi connectivity index (χ3n) is 4.57. The summed E-state index contributed by atoms with van der Waals surface area (Å²) in [5.41, 5.74) is 2.43. The number of aryl methyl sites for hydroxylation is 1. The second-order valence-electron chi connectivity index (χ2n) is 6.80. The van der Waals surface area contributed by atoms with Gasteiger partial charge in [0.15, 0.2) is 0 Å². The maximum atomic E-state index is 12.3. The van der Waals surface area contributed by atoms with Crippen LogP contribution in [0.15, 0.2) is 30.5 Å². The van der Waals surface area contributed by atoms with Gasteiger partial charge in [0, 0.05) is 18.2 Å². The molecule has 2 aromatic heterocycles. The van der Waals surface area contributed by atoms with E-state index in [0.29, 0.717) is 23.3 Å². The molecule has 0 saturated carbocycles. The van der Waals surface area contributed by atoms with Gasteiger partial charge in [-0.3, -0.25) is 9.59 Å². The van der Waals surface area contributed by atoms with Crippen LogP contribution in [0, 0.1) is 6.92 Å². The fourth-order valence-corrected chi connectivity index (χ4v) is 3.09. The summed E-state index contributed by atoms with van der Waals surface area (Å²) in [6.45, 7) is 1.68. The number of carbonyl (C=O) groups excluding carboxylic acids is 1. The van der Waals surface area contributed by atoms with Crippen LogP contribution in [0.5, 0.6) is 5.88 Å². The molecule has 0 radical (unpaired) electrons. The van der Waals surface area contributed by atoms with Crippen LogP contribution in [0.2, 0.25) is 0 Å². The fraction of sp³-hybridized carbons (Fsp3) is 0.250. The number of carbonyl (C=O) groups is 3. The van der Waals surface area contributed by atoms with E-state index in [9.17, 15) is 19.5 Å². The number of hydrogen-bond acceptors (Lipinski definition) is 6. The number of aliphatic carboxylic acids is 2. The fourth-order valence-electron chi connectivity index (χ4n) is 3.09. The summed E-state index contributed by atoms with van der Waals surface area (Å²) < 4.78 is 0. The van der Waals surface area contributed by atoms with Gasteiger partial charge >= 0.3 is 11.9 Å². The highest BCUT2D eigenvalue weighted by atomic mass is 16.4. The molecule has 0 unspecified atom stereocenters. The number of carboxylic acid groups (broad SMARTS) is 2. The molecule has 1 amide bonds. The van der Waals surface area contributed by atoms with Crippen molar-refractivity contribution in [3.8, 4) is 5.88 Å². The normalized spacial score (nSPS) is 11.9. The minimum absolute atomic E-state index is 0.106. The summed E-state index contributed by atoms with van der Waals surface area (Å²) in [6.07, 6.45) is 1.62. The van der Waals surface area contributed by atoms with Gasteiger partial charge in [0.05, 0.1) is 5.39 Å². The molecule has 1 aromatic carbocycles. The summed E-state index contributed by atoms with van der Waals surface area (Å²) in [5, 5.41) is 30.8. The molecule has 5 N–H and O–H groups in total. The summed E-state index contributed by atoms with van der Waals surface area (Å²) in [5.74, 6) is -2.69. The summed E-state index contributed by atoms with van der Waals surface area (Å²) in [6, 6.07) is 5.25. The molecule has 30 heavy (non-hydrogen) atoms. The lowest BCUT2D eigenvalue weighted by molar-refractivity contribution is -0.140. The molecule has 2 heterocycles. The van der Waals surface area contributed by atoms with E-state index in [1.54, 1.807) is 37.4 Å². The molecular weight excluding hydrogens is 392 g/mol. The average molecular weight is 412 g/mol. The molecule has 10 heteroatoms. The van der Waals surface area contributed by atoms with E-state index in [4.69, 9.17) is 10.2 Å². The van der Waals surface area contributed by atoms with Gasteiger partial charge in [-0.15, -0.1) is 0 Å². The summed E-state index contributed by atoms with van der Waals surface area (Å²) in [7, 11) is 0. The third-order valence-corrected chi connectivity index (χ3v) is 4.57. The molecule has 3 aromatic rings. The Morgan fingerprint density at radius 2 is 1.83 bits per heavy atom. The summed E-state index contributed by atoms with van der Waals surface area (Å²) in [4.78, 5) is 45.4. The van der Waals surface area contributed by atoms with Gasteiger partial charge in [0.2, 0.25) is 5.88 Å². The Hall–Kier alpha value is -3.95. The van der Waals surface area contributed by atoms with Gasteiger partial charge in [-0.05, 0) is 43.0 Å². The van der Waals surface area contributed by atoms with Crippen LogP contribution < -0.4 is 5.32 Å². The van der Waals surface area contributed by atoms with Gasteiger partial charge < -0.3 is 25.6 Å². The molecular formula is C20H20N4O6. The lowest BCUT2D eigenvalue weighted by Gasteiger charge is -2.13. The number of aromatic nitrogens is 3. The second-order valence-corrected chi connectivity index (χ2v) is 6.80. The van der Waals surface area contributed by atoms with Crippen molar-refractivity contribution in [2.45, 2.75) is 32.2 Å². The van der Waals surface area contributed by atoms with E-state index in [1.165, 1.54) is 0 Å². The molecule has 3 rings (SSSR count). The molecule has 0 fully saturated rings. The highest BCUT2D eigenvalue weighted by molar-refractivity contribution is 5.96. The minimum atomic E-state index is -1.29. The van der Waals surface area contributed by atoms with Crippen LogP contribution >= 0.6 is 0 Å². The lowest BCUT2D eigenvalue weighted by Crippen LogP contribution is -2.41. The topological polar surface area (TPSA) is 166 Å². The van der Waals surface area contributed by atoms with Gasteiger partial charge in [0.1, 0.15) is 17.5 Å². The molecule has 0 saturated heterocycles. The first-order valence-electron chi connectivity index (χ1n) is 9.12. The lowest BCUT2D eigenvalue weighted by atomic mass is 10.0. The molecule has 156 valence electrons. The molecule has 0 aliphatic rings. The first-order valence-corrected chi connectivity index (χ1v) is 9.12. The highest BCUT2D eigenvalue weighted by Crippen LogP contribution is 2.26. The van der Waals surface area contributed by atoms with Crippen molar-refractivity contribution in [2.75, 3.05) is 0 Å². The standard InChI is InChI=1S/C20H20N4O6/c1-10-22-17-16(19(28)23-10)13(9-21-17)8-11-2-4-12(5-3-11)18(27)24-14(20(29)30)6-7-15(25)26/h2-5,9,14H,6-8H2,1H3,(H,24,27)(H,25,26)(H,29,30)(H2,21,22,23,28)/t14-/m0/s1. The first kappa shape index (κ1) is 20.8. The van der Waals surface area contributed by atoms with Crippen molar-refractivity contribution >= 4 is 28.9 Å². The van der Waals surface area contributed by atoms with Crippen molar-refractivity contribution in [3.63, 3.8) is 0 Å². The molecule has 0 aliphatic heterocycles. The van der Waals surface area contributed by atoms with Crippen LogP contribution in [-0.4, -0.2) is 54.2 Å². The predicted octanol–water partition coefficient (Wildman–Crippen LogP) is 1.61. The number of amides is 1. The number of carboxylic acids is 2. The number of rotatable bonds is 8. The first-order chi connectivity index (χ1) is 14.2. The number of H-pyrrole nitrogens is 1. The minimum Gasteiger partial charge on any atom is -0.493 e. The number of aromatic amines is 1. The summed E-state index contributed by atoms with van der Waals surface area (Å²) >= 11 is 0. The maximum Gasteiger partial charge on any atom is 0.326 e. The molecule has 0 aliphatic carbocycles. The Kier molecular flexibility index (Phi) is 5.95. The van der Waals surface area contributed by atoms with Crippen molar-refractivity contribution in [1.29, 1.82) is 0 Å². The van der Waals surface area contributed by atoms with Crippen LogP contribution in [0.4, 0.5) is 0 Å². The van der Waals surface area contributed by atoms with E-state index in [2.05, 4.69) is 20.3 Å². The zero-order chi connectivity index (χ0) is 21.8. The van der Waals surface area contributed by atoms with Gasteiger partial charge in [-0.25, -0.2) is 9.78 Å². The van der Waals surface area contributed by atoms with Crippen LogP contribution in [0.3, 0.4) is 0 Å². The SMILES string of the molecule is Cc1nc(O)c2c(Cc3ccc(C(=O)N[C@@H](CCC(=O)O)C(=O)O)cc3)c[nH]c2n1. The van der Waals surface area contributed by atoms with E-state index in [1.807, 2.05) is 0 Å². The molecule has 0 spiro atoms. The van der Waals surface area contributed by atoms with Gasteiger partial charge in [-0.2, -0.15) is 4.98 Å². The zero-order valence-corrected chi connectivity index (χ0v) is 16.0. The number of aromatic hydroxyl groups is 1. The Morgan fingerprint density at radius 1 is 1.13 bits per heavy atom. The van der Waals surface area contributed by atoms with Crippen LogP contribution in [-0.2, 0) is 16.0 Å². The Balaban J connectivity index is 1.71. The van der Waals surface area contributed by atoms with E-state index in [-0.39, 0.29) is 24.3 Å². The average Bonchev–Trinajstić information content (AvgIpc) is 3.07. The van der Waals surface area contributed by atoms with E-state index >= 15 is 0 Å². The van der Waals surface area contributed by atoms with Gasteiger partial charge in [0.25, 0.3) is 5.91 Å². The van der Waals surface area contributed by atoms with Crippen molar-refractivity contribution in [3.05, 3.63) is 53.0 Å². The predicted molar refractivity (Wildman–Crippen MR) is 105 cm³/mol. The number of nitrogens with one attached hydrogen (secondary N) is 2. The van der Waals surface area contributed by atoms with E-state index < -0.39 is 23.9 Å². The number of benzene rings is 1. The Labute approximate surface area is 170 Å². The van der Waals surface area contributed by atoms with Crippen molar-refractivity contribution in [2.24, 2.45) is 0 Å². The van der Waals surface area contributed by atoms with Crippen LogP contribution in [0.25, 0.3) is 11.0 Å². The molecule has 10 nitrogen and oxygen atoms in total. The van der Waals surface area contributed by atoms with Crippen LogP contribution in [0.1, 0.15) is 40.2 Å². The highest BCUT2D eigenvalue weighted by Gasteiger charge is 2.21. The van der Waals surface area contributed by atoms with E-state index in [0.717, 1.165) is 11.1 Å². The largest absolute Gasteiger partial charge is 0.493 e. The molecule has 1 atom stereocenters. The van der Waals surface area contributed by atoms with Crippen molar-refractivity contribution < 1.29 is 29.7 Å². The number of nitrogens with zero attached hydrogens (tertiary/aromatic N) is 2. The maximum absolute atomic E-state index is 12.3. The Bertz CT molecular complexity index is 1110. The second kappa shape index (κ2) is 8.60. The quantitative estimate of drug-likeness (QED) is 0.372. The van der Waals surface area contributed by atoms with Gasteiger partial charge in [-0.1, -0.05) is 12.1 Å². The van der Waals surface area contributed by atoms with Crippen molar-refractivity contribution in [1.82, 2.24) is 20.3 Å².